The number of nitrogens with one attached hydrogen (secondary N) is 1. The Bertz CT molecular complexity index is 1160. The lowest BCUT2D eigenvalue weighted by Crippen LogP contribution is -2.46. The van der Waals surface area contributed by atoms with Gasteiger partial charge in [-0.15, -0.1) is 0 Å². The molecule has 7 nitrogen and oxygen atoms in total. The van der Waals surface area contributed by atoms with Gasteiger partial charge in [-0.1, -0.05) is 41.9 Å². The molecule has 1 aliphatic heterocycles. The summed E-state index contributed by atoms with van der Waals surface area (Å²) in [6.45, 7) is 0.526. The van der Waals surface area contributed by atoms with E-state index in [1.54, 1.807) is 18.2 Å². The molecule has 0 bridgehead atoms. The Morgan fingerprint density at radius 3 is 2.91 bits per heavy atom. The fourth-order valence-electron chi connectivity index (χ4n) is 4.39. The lowest BCUT2D eigenvalue weighted by molar-refractivity contribution is -0.125. The van der Waals surface area contributed by atoms with E-state index in [9.17, 15) is 9.59 Å². The van der Waals surface area contributed by atoms with Gasteiger partial charge in [0.1, 0.15) is 12.3 Å². The van der Waals surface area contributed by atoms with Crippen LogP contribution in [0.25, 0.3) is 0 Å². The number of carbonyl (C=O) groups is 2. The van der Waals surface area contributed by atoms with Gasteiger partial charge in [-0.3, -0.25) is 19.2 Å². The number of halogens is 1. The Hall–Kier alpha value is -3.32. The van der Waals surface area contributed by atoms with Gasteiger partial charge >= 0.3 is 0 Å². The van der Waals surface area contributed by atoms with Crippen LogP contribution in [-0.4, -0.2) is 34.7 Å². The van der Waals surface area contributed by atoms with E-state index in [0.29, 0.717) is 23.0 Å². The third-order valence-corrected chi connectivity index (χ3v) is 6.17. The van der Waals surface area contributed by atoms with Gasteiger partial charge < -0.3 is 10.1 Å². The van der Waals surface area contributed by atoms with Crippen molar-refractivity contribution in [3.63, 3.8) is 0 Å². The molecule has 164 valence electrons. The summed E-state index contributed by atoms with van der Waals surface area (Å²) >= 11 is 6.10. The topological polar surface area (TPSA) is 76.5 Å². The summed E-state index contributed by atoms with van der Waals surface area (Å²) < 4.78 is 7.48. The summed E-state index contributed by atoms with van der Waals surface area (Å²) in [6.07, 6.45) is 4.60. The number of amides is 2. The molecule has 2 amide bonds. The van der Waals surface area contributed by atoms with Gasteiger partial charge in [0.05, 0.1) is 24.5 Å². The first-order valence-electron chi connectivity index (χ1n) is 10.7. The van der Waals surface area contributed by atoms with E-state index in [4.69, 9.17) is 16.3 Å². The zero-order valence-corrected chi connectivity index (χ0v) is 18.2. The fourth-order valence-corrected chi connectivity index (χ4v) is 4.56. The monoisotopic (exact) mass is 450 g/mol. The third-order valence-electron chi connectivity index (χ3n) is 5.94. The summed E-state index contributed by atoms with van der Waals surface area (Å²) in [6, 6.07) is 15.1. The van der Waals surface area contributed by atoms with Crippen LogP contribution in [0, 0.1) is 0 Å². The highest BCUT2D eigenvalue weighted by Crippen LogP contribution is 2.34. The molecule has 2 heterocycles. The molecule has 0 saturated heterocycles. The zero-order chi connectivity index (χ0) is 22.1. The summed E-state index contributed by atoms with van der Waals surface area (Å²) in [5.41, 5.74) is 3.92. The quantitative estimate of drug-likeness (QED) is 0.645. The molecular formula is C24H23ClN4O3. The minimum absolute atomic E-state index is 0.0838. The van der Waals surface area contributed by atoms with Crippen LogP contribution in [0.4, 0.5) is 5.69 Å². The van der Waals surface area contributed by atoms with Crippen LogP contribution in [-0.2, 0) is 22.6 Å². The van der Waals surface area contributed by atoms with Crippen molar-refractivity contribution in [2.75, 3.05) is 18.1 Å². The van der Waals surface area contributed by atoms with Crippen LogP contribution in [0.1, 0.15) is 35.7 Å². The minimum Gasteiger partial charge on any atom is -0.482 e. The predicted octanol–water partition coefficient (Wildman–Crippen LogP) is 3.50. The zero-order valence-electron chi connectivity index (χ0n) is 17.5. The second kappa shape index (κ2) is 8.67. The standard InChI is InChI=1S/C24H23ClN4O3/c25-17-9-10-22-21(11-17)28(24(31)15-32-22)14-23(30)27-19-7-4-8-20-18(19)12-26-29(20)13-16-5-2-1-3-6-16/h1-3,5-6,9-12,19H,4,7-8,13-15H2,(H,27,30). The average Bonchev–Trinajstić information content (AvgIpc) is 3.20. The molecular weight excluding hydrogens is 428 g/mol. The van der Waals surface area contributed by atoms with Gasteiger partial charge in [-0.05, 0) is 43.0 Å². The highest BCUT2D eigenvalue weighted by molar-refractivity contribution is 6.31. The molecule has 0 spiro atoms. The lowest BCUT2D eigenvalue weighted by atomic mass is 9.93. The molecule has 0 radical (unpaired) electrons. The highest BCUT2D eigenvalue weighted by Gasteiger charge is 2.30. The van der Waals surface area contributed by atoms with Gasteiger partial charge in [0.2, 0.25) is 5.91 Å². The van der Waals surface area contributed by atoms with Crippen molar-refractivity contribution in [1.29, 1.82) is 0 Å². The van der Waals surface area contributed by atoms with E-state index in [2.05, 4.69) is 22.5 Å². The van der Waals surface area contributed by atoms with E-state index < -0.39 is 0 Å². The van der Waals surface area contributed by atoms with Gasteiger partial charge in [0.15, 0.2) is 6.61 Å². The number of aromatic nitrogens is 2. The van der Waals surface area contributed by atoms with Gasteiger partial charge in [0.25, 0.3) is 5.91 Å². The van der Waals surface area contributed by atoms with Crippen molar-refractivity contribution in [2.24, 2.45) is 0 Å². The van der Waals surface area contributed by atoms with Crippen LogP contribution in [0.2, 0.25) is 5.02 Å². The van der Waals surface area contributed by atoms with Crippen LogP contribution in [0.15, 0.2) is 54.7 Å². The maximum absolute atomic E-state index is 12.9. The molecule has 0 saturated carbocycles. The Balaban J connectivity index is 1.31. The smallest absolute Gasteiger partial charge is 0.265 e. The summed E-state index contributed by atoms with van der Waals surface area (Å²) in [5, 5.41) is 8.17. The Kier molecular flexibility index (Phi) is 5.57. The van der Waals surface area contributed by atoms with E-state index in [1.807, 2.05) is 29.1 Å². The van der Waals surface area contributed by atoms with Crippen molar-refractivity contribution < 1.29 is 14.3 Å². The number of carbonyl (C=O) groups excluding carboxylic acids is 2. The maximum Gasteiger partial charge on any atom is 0.265 e. The SMILES string of the molecule is O=C(CN1C(=O)COc2ccc(Cl)cc21)NC1CCCc2c1cnn2Cc1ccccc1. The molecule has 1 atom stereocenters. The van der Waals surface area contributed by atoms with E-state index in [0.717, 1.165) is 30.5 Å². The molecule has 5 rings (SSSR count). The molecule has 3 aromatic rings. The predicted molar refractivity (Wildman–Crippen MR) is 121 cm³/mol. The lowest BCUT2D eigenvalue weighted by Gasteiger charge is -2.30. The number of hydrogen-bond acceptors (Lipinski definition) is 4. The second-order valence-electron chi connectivity index (χ2n) is 8.08. The second-order valence-corrected chi connectivity index (χ2v) is 8.52. The third kappa shape index (κ3) is 4.08. The number of anilines is 1. The van der Waals surface area contributed by atoms with Crippen LogP contribution in [0.3, 0.4) is 0 Å². The van der Waals surface area contributed by atoms with Crippen molar-refractivity contribution in [3.05, 3.63) is 76.6 Å². The molecule has 32 heavy (non-hydrogen) atoms. The molecule has 1 aliphatic carbocycles. The number of hydrogen-bond donors (Lipinski definition) is 1. The molecule has 2 aliphatic rings. The summed E-state index contributed by atoms with van der Waals surface area (Å²) in [7, 11) is 0. The first kappa shape index (κ1) is 20.6. The summed E-state index contributed by atoms with van der Waals surface area (Å²) in [4.78, 5) is 26.8. The minimum atomic E-state index is -0.269. The van der Waals surface area contributed by atoms with Crippen molar-refractivity contribution >= 4 is 29.1 Å². The van der Waals surface area contributed by atoms with Crippen molar-refractivity contribution in [1.82, 2.24) is 15.1 Å². The fraction of sp³-hybridized carbons (Fsp3) is 0.292. The molecule has 1 aromatic heterocycles. The Morgan fingerprint density at radius 2 is 2.06 bits per heavy atom. The number of fused-ring (bicyclic) bond motifs is 2. The van der Waals surface area contributed by atoms with Gasteiger partial charge in [-0.25, -0.2) is 0 Å². The van der Waals surface area contributed by atoms with Gasteiger partial charge in [-0.2, -0.15) is 5.10 Å². The first-order valence-corrected chi connectivity index (χ1v) is 11.1. The first-order chi connectivity index (χ1) is 15.6. The number of nitrogens with zero attached hydrogens (tertiary/aromatic N) is 3. The highest BCUT2D eigenvalue weighted by atomic mass is 35.5. The average molecular weight is 451 g/mol. The molecule has 1 unspecified atom stereocenters. The van der Waals surface area contributed by atoms with E-state index in [-0.39, 0.29) is 31.0 Å². The van der Waals surface area contributed by atoms with E-state index in [1.165, 1.54) is 10.5 Å². The molecule has 1 N–H and O–H groups in total. The van der Waals surface area contributed by atoms with Crippen LogP contribution < -0.4 is 15.0 Å². The molecule has 2 aromatic carbocycles. The number of rotatable bonds is 5. The largest absolute Gasteiger partial charge is 0.482 e. The maximum atomic E-state index is 12.9. The molecule has 8 heteroatoms. The number of ether oxygens (including phenoxy) is 1. The Labute approximate surface area is 190 Å². The van der Waals surface area contributed by atoms with Crippen LogP contribution in [0.5, 0.6) is 5.75 Å². The summed E-state index contributed by atoms with van der Waals surface area (Å²) in [5.74, 6) is 0.0544. The van der Waals surface area contributed by atoms with Crippen LogP contribution >= 0.6 is 11.6 Å². The van der Waals surface area contributed by atoms with Crippen molar-refractivity contribution in [3.8, 4) is 5.75 Å². The normalized spacial score (nSPS) is 17.3. The van der Waals surface area contributed by atoms with E-state index >= 15 is 0 Å². The molecule has 0 fully saturated rings. The Morgan fingerprint density at radius 1 is 1.22 bits per heavy atom. The number of benzene rings is 2. The van der Waals surface area contributed by atoms with Gasteiger partial charge in [0, 0.05) is 16.3 Å². The van der Waals surface area contributed by atoms with Crippen molar-refractivity contribution in [2.45, 2.75) is 31.8 Å².